The summed E-state index contributed by atoms with van der Waals surface area (Å²) in [5.41, 5.74) is 3.76. The molecule has 0 bridgehead atoms. The highest BCUT2D eigenvalue weighted by molar-refractivity contribution is 8.00. The molecule has 0 saturated heterocycles. The summed E-state index contributed by atoms with van der Waals surface area (Å²) in [7, 11) is 1.69. The van der Waals surface area contributed by atoms with Crippen molar-refractivity contribution in [3.05, 3.63) is 76.8 Å². The number of thioether (sulfide) groups is 1. The first kappa shape index (κ1) is 19.8. The Morgan fingerprint density at radius 1 is 1.19 bits per heavy atom. The molecule has 27 heavy (non-hydrogen) atoms. The van der Waals surface area contributed by atoms with Gasteiger partial charge in [-0.05, 0) is 61.6 Å². The van der Waals surface area contributed by atoms with Gasteiger partial charge in [-0.2, -0.15) is 0 Å². The van der Waals surface area contributed by atoms with Crippen LogP contribution in [0, 0.1) is 13.8 Å². The van der Waals surface area contributed by atoms with Crippen LogP contribution in [0.5, 0.6) is 5.75 Å². The van der Waals surface area contributed by atoms with Crippen LogP contribution >= 0.6 is 23.4 Å². The minimum absolute atomic E-state index is 0.403. The quantitative estimate of drug-likeness (QED) is 0.437. The van der Waals surface area contributed by atoms with Gasteiger partial charge in [0.15, 0.2) is 0 Å². The van der Waals surface area contributed by atoms with E-state index in [2.05, 4.69) is 47.7 Å². The lowest BCUT2D eigenvalue weighted by Crippen LogP contribution is -2.13. The summed E-state index contributed by atoms with van der Waals surface area (Å²) in [4.78, 5) is 5.36. The zero-order chi connectivity index (χ0) is 19.2. The van der Waals surface area contributed by atoms with Crippen LogP contribution in [-0.4, -0.2) is 21.9 Å². The molecule has 1 aromatic heterocycles. The van der Waals surface area contributed by atoms with E-state index in [1.165, 1.54) is 21.6 Å². The molecule has 3 nitrogen and oxygen atoms in total. The lowest BCUT2D eigenvalue weighted by Gasteiger charge is -2.20. The van der Waals surface area contributed by atoms with Gasteiger partial charge in [-0.3, -0.25) is 0 Å². The van der Waals surface area contributed by atoms with Gasteiger partial charge in [-0.25, -0.2) is 4.98 Å². The van der Waals surface area contributed by atoms with Crippen molar-refractivity contribution in [2.75, 3.05) is 7.11 Å². The van der Waals surface area contributed by atoms with Gasteiger partial charge in [0.25, 0.3) is 0 Å². The highest BCUT2D eigenvalue weighted by atomic mass is 35.5. The van der Waals surface area contributed by atoms with Crippen LogP contribution < -0.4 is 4.74 Å². The Kier molecular flexibility index (Phi) is 6.86. The zero-order valence-electron chi connectivity index (χ0n) is 16.0. The predicted octanol–water partition coefficient (Wildman–Crippen LogP) is 5.96. The molecule has 3 aromatic rings. The van der Waals surface area contributed by atoms with Crippen LogP contribution in [0.3, 0.4) is 0 Å². The van der Waals surface area contributed by atoms with Crippen molar-refractivity contribution in [1.29, 1.82) is 0 Å². The topological polar surface area (TPSA) is 27.1 Å². The van der Waals surface area contributed by atoms with Crippen molar-refractivity contribution >= 4 is 23.4 Å². The molecule has 3 rings (SSSR count). The molecule has 5 heteroatoms. The molecule has 0 amide bonds. The SMILES string of the molecule is COc1ccc(CCC(Cn2ccnc2)Sc2c(C)cc(C)cc2Cl)cc1. The summed E-state index contributed by atoms with van der Waals surface area (Å²) in [5.74, 6) is 0.894. The summed E-state index contributed by atoms with van der Waals surface area (Å²) in [6.45, 7) is 5.13. The molecule has 2 aromatic carbocycles. The lowest BCUT2D eigenvalue weighted by molar-refractivity contribution is 0.414. The first-order valence-corrected chi connectivity index (χ1v) is 10.3. The van der Waals surface area contributed by atoms with Gasteiger partial charge >= 0.3 is 0 Å². The monoisotopic (exact) mass is 400 g/mol. The lowest BCUT2D eigenvalue weighted by atomic mass is 10.1. The van der Waals surface area contributed by atoms with Crippen molar-refractivity contribution in [2.24, 2.45) is 0 Å². The van der Waals surface area contributed by atoms with Gasteiger partial charge in [0.05, 0.1) is 18.5 Å². The number of ether oxygens (including phenoxy) is 1. The second-order valence-corrected chi connectivity index (χ2v) is 8.50. The van der Waals surface area contributed by atoms with Gasteiger partial charge in [0.1, 0.15) is 5.75 Å². The third-order valence-electron chi connectivity index (χ3n) is 4.55. The van der Waals surface area contributed by atoms with E-state index in [1.54, 1.807) is 7.11 Å². The van der Waals surface area contributed by atoms with E-state index in [9.17, 15) is 0 Å². The predicted molar refractivity (Wildman–Crippen MR) is 114 cm³/mol. The number of methoxy groups -OCH3 is 1. The average molecular weight is 401 g/mol. The molecule has 0 aliphatic heterocycles. The van der Waals surface area contributed by atoms with E-state index < -0.39 is 0 Å². The molecule has 0 N–H and O–H groups in total. The zero-order valence-corrected chi connectivity index (χ0v) is 17.6. The van der Waals surface area contributed by atoms with Crippen LogP contribution in [-0.2, 0) is 13.0 Å². The van der Waals surface area contributed by atoms with Crippen LogP contribution in [0.15, 0.2) is 60.0 Å². The van der Waals surface area contributed by atoms with Gasteiger partial charge in [-0.15, -0.1) is 11.8 Å². The molecule has 142 valence electrons. The molecule has 0 saturated carbocycles. The average Bonchev–Trinajstić information content (AvgIpc) is 3.16. The van der Waals surface area contributed by atoms with Crippen molar-refractivity contribution < 1.29 is 4.74 Å². The second kappa shape index (κ2) is 9.34. The molecule has 0 aliphatic carbocycles. The Morgan fingerprint density at radius 3 is 2.59 bits per heavy atom. The maximum absolute atomic E-state index is 6.56. The first-order chi connectivity index (χ1) is 13.0. The normalized spacial score (nSPS) is 12.1. The van der Waals surface area contributed by atoms with Crippen molar-refractivity contribution in [1.82, 2.24) is 9.55 Å². The Labute approximate surface area is 170 Å². The smallest absolute Gasteiger partial charge is 0.118 e. The number of aryl methyl sites for hydroxylation is 3. The summed E-state index contributed by atoms with van der Waals surface area (Å²) in [5, 5.41) is 1.25. The number of hydrogen-bond donors (Lipinski definition) is 0. The maximum Gasteiger partial charge on any atom is 0.118 e. The summed E-state index contributed by atoms with van der Waals surface area (Å²) in [6, 6.07) is 12.6. The minimum atomic E-state index is 0.403. The Balaban J connectivity index is 1.74. The number of imidazole rings is 1. The van der Waals surface area contributed by atoms with E-state index in [0.29, 0.717) is 5.25 Å². The van der Waals surface area contributed by atoms with Gasteiger partial charge in [0, 0.05) is 29.1 Å². The van der Waals surface area contributed by atoms with E-state index >= 15 is 0 Å². The molecule has 1 heterocycles. The summed E-state index contributed by atoms with van der Waals surface area (Å²) < 4.78 is 7.39. The molecular weight excluding hydrogens is 376 g/mol. The molecule has 0 spiro atoms. The number of rotatable bonds is 8. The van der Waals surface area contributed by atoms with E-state index in [0.717, 1.165) is 30.2 Å². The fourth-order valence-electron chi connectivity index (χ4n) is 3.16. The summed E-state index contributed by atoms with van der Waals surface area (Å²) >= 11 is 8.43. The Hall–Kier alpha value is -1.91. The number of hydrogen-bond acceptors (Lipinski definition) is 3. The number of halogens is 1. The van der Waals surface area contributed by atoms with Crippen molar-refractivity contribution in [3.63, 3.8) is 0 Å². The first-order valence-electron chi connectivity index (χ1n) is 9.07. The van der Waals surface area contributed by atoms with E-state index in [-0.39, 0.29) is 0 Å². The van der Waals surface area contributed by atoms with Crippen LogP contribution in [0.4, 0.5) is 0 Å². The number of aromatic nitrogens is 2. The standard InChI is InChI=1S/C22H25ClN2OS/c1-16-12-17(2)22(21(23)13-16)27-20(14-25-11-10-24-15-25)9-6-18-4-7-19(26-3)8-5-18/h4-5,7-8,10-13,15,20H,6,9,14H2,1-3H3. The van der Waals surface area contributed by atoms with E-state index in [1.807, 2.05) is 42.6 Å². The molecule has 0 aliphatic rings. The van der Waals surface area contributed by atoms with Gasteiger partial charge in [-0.1, -0.05) is 29.8 Å². The highest BCUT2D eigenvalue weighted by Gasteiger charge is 2.16. The largest absolute Gasteiger partial charge is 0.497 e. The van der Waals surface area contributed by atoms with Crippen LogP contribution in [0.25, 0.3) is 0 Å². The Morgan fingerprint density at radius 2 is 1.96 bits per heavy atom. The van der Waals surface area contributed by atoms with Gasteiger partial charge < -0.3 is 9.30 Å². The minimum Gasteiger partial charge on any atom is -0.497 e. The Bertz CT molecular complexity index is 840. The number of benzene rings is 2. The van der Waals surface area contributed by atoms with E-state index in [4.69, 9.17) is 16.3 Å². The third-order valence-corrected chi connectivity index (χ3v) is 6.45. The van der Waals surface area contributed by atoms with Crippen LogP contribution in [0.2, 0.25) is 5.02 Å². The van der Waals surface area contributed by atoms with Crippen molar-refractivity contribution in [2.45, 2.75) is 43.4 Å². The van der Waals surface area contributed by atoms with Crippen LogP contribution in [0.1, 0.15) is 23.1 Å². The molecule has 0 radical (unpaired) electrons. The summed E-state index contributed by atoms with van der Waals surface area (Å²) in [6.07, 6.45) is 7.79. The molecule has 0 fully saturated rings. The molecule has 1 atom stereocenters. The fourth-order valence-corrected chi connectivity index (χ4v) is 4.84. The second-order valence-electron chi connectivity index (χ2n) is 6.78. The molecular formula is C22H25ClN2OS. The van der Waals surface area contributed by atoms with Crippen molar-refractivity contribution in [3.8, 4) is 5.75 Å². The highest BCUT2D eigenvalue weighted by Crippen LogP contribution is 2.36. The maximum atomic E-state index is 6.56. The van der Waals surface area contributed by atoms with Gasteiger partial charge in [0.2, 0.25) is 0 Å². The molecule has 1 unspecified atom stereocenters. The third kappa shape index (κ3) is 5.53. The number of nitrogens with zero attached hydrogens (tertiary/aromatic N) is 2. The fraction of sp³-hybridized carbons (Fsp3) is 0.318.